The first-order chi connectivity index (χ1) is 8.60. The highest BCUT2D eigenvalue weighted by molar-refractivity contribution is 6.35. The molecule has 1 saturated carbocycles. The number of aromatic hydroxyl groups is 1. The zero-order valence-electron chi connectivity index (χ0n) is 10.2. The Morgan fingerprint density at radius 3 is 2.83 bits per heavy atom. The van der Waals surface area contributed by atoms with Crippen molar-refractivity contribution in [3.05, 3.63) is 27.7 Å². The number of methoxy groups -OCH3 is 1. The number of rotatable bonds is 4. The molecule has 2 unspecified atom stereocenters. The molecule has 0 spiro atoms. The second kappa shape index (κ2) is 6.11. The number of ether oxygens (including phenoxy) is 1. The van der Waals surface area contributed by atoms with E-state index in [1.54, 1.807) is 19.2 Å². The largest absolute Gasteiger partial charge is 0.506 e. The Morgan fingerprint density at radius 1 is 1.39 bits per heavy atom. The molecular formula is C13H17Cl2NO2. The van der Waals surface area contributed by atoms with Crippen LogP contribution < -0.4 is 5.32 Å². The number of nitrogens with one attached hydrogen (secondary N) is 1. The smallest absolute Gasteiger partial charge is 0.138 e. The third-order valence-corrected chi connectivity index (χ3v) is 3.91. The van der Waals surface area contributed by atoms with Crippen molar-refractivity contribution in [2.24, 2.45) is 0 Å². The molecule has 3 nitrogen and oxygen atoms in total. The number of hydrogen-bond acceptors (Lipinski definition) is 3. The first-order valence-corrected chi connectivity index (χ1v) is 6.78. The van der Waals surface area contributed by atoms with E-state index in [-0.39, 0.29) is 5.75 Å². The van der Waals surface area contributed by atoms with Crippen LogP contribution >= 0.6 is 23.2 Å². The van der Waals surface area contributed by atoms with Crippen molar-refractivity contribution in [1.82, 2.24) is 5.32 Å². The van der Waals surface area contributed by atoms with Crippen molar-refractivity contribution in [1.29, 1.82) is 0 Å². The van der Waals surface area contributed by atoms with Gasteiger partial charge in [-0.3, -0.25) is 0 Å². The summed E-state index contributed by atoms with van der Waals surface area (Å²) in [6.07, 6.45) is 3.52. The fraction of sp³-hybridized carbons (Fsp3) is 0.538. The fourth-order valence-electron chi connectivity index (χ4n) is 2.35. The molecule has 1 fully saturated rings. The van der Waals surface area contributed by atoms with Gasteiger partial charge in [-0.15, -0.1) is 0 Å². The van der Waals surface area contributed by atoms with Gasteiger partial charge in [0, 0.05) is 30.3 Å². The normalized spacial score (nSPS) is 23.5. The van der Waals surface area contributed by atoms with Crippen LogP contribution in [0.5, 0.6) is 5.75 Å². The summed E-state index contributed by atoms with van der Waals surface area (Å²) in [5.41, 5.74) is 0.730. The maximum absolute atomic E-state index is 9.84. The quantitative estimate of drug-likeness (QED) is 0.893. The van der Waals surface area contributed by atoms with Gasteiger partial charge in [-0.1, -0.05) is 23.2 Å². The predicted molar refractivity (Wildman–Crippen MR) is 73.4 cm³/mol. The van der Waals surface area contributed by atoms with Crippen LogP contribution in [0, 0.1) is 0 Å². The lowest BCUT2D eigenvalue weighted by Gasteiger charge is -2.14. The van der Waals surface area contributed by atoms with E-state index in [1.165, 1.54) is 0 Å². The Kier molecular flexibility index (Phi) is 4.73. The lowest BCUT2D eigenvalue weighted by Crippen LogP contribution is -2.26. The van der Waals surface area contributed by atoms with E-state index in [4.69, 9.17) is 27.9 Å². The average molecular weight is 290 g/mol. The lowest BCUT2D eigenvalue weighted by atomic mass is 10.1. The Balaban J connectivity index is 1.94. The van der Waals surface area contributed by atoms with Gasteiger partial charge < -0.3 is 15.2 Å². The zero-order valence-corrected chi connectivity index (χ0v) is 11.8. The average Bonchev–Trinajstić information content (AvgIpc) is 2.80. The summed E-state index contributed by atoms with van der Waals surface area (Å²) in [6, 6.07) is 3.70. The fourth-order valence-corrected chi connectivity index (χ4v) is 2.88. The summed E-state index contributed by atoms with van der Waals surface area (Å²) in [4.78, 5) is 0. The van der Waals surface area contributed by atoms with Gasteiger partial charge in [0.2, 0.25) is 0 Å². The molecule has 2 N–H and O–H groups in total. The van der Waals surface area contributed by atoms with Crippen LogP contribution in [-0.4, -0.2) is 24.4 Å². The molecule has 1 aliphatic carbocycles. The Morgan fingerprint density at radius 2 is 2.17 bits per heavy atom. The van der Waals surface area contributed by atoms with Gasteiger partial charge in [0.05, 0.1) is 11.1 Å². The first kappa shape index (κ1) is 13.9. The van der Waals surface area contributed by atoms with Gasteiger partial charge >= 0.3 is 0 Å². The molecule has 0 aliphatic heterocycles. The molecule has 18 heavy (non-hydrogen) atoms. The Labute approximate surface area is 117 Å². The van der Waals surface area contributed by atoms with Crippen LogP contribution in [0.1, 0.15) is 24.8 Å². The van der Waals surface area contributed by atoms with E-state index in [9.17, 15) is 5.11 Å². The molecule has 1 aromatic carbocycles. The van der Waals surface area contributed by atoms with Crippen LogP contribution in [0.15, 0.2) is 12.1 Å². The molecule has 5 heteroatoms. The molecule has 0 bridgehead atoms. The Bertz CT molecular complexity index is 426. The summed E-state index contributed by atoms with van der Waals surface area (Å²) >= 11 is 11.8. The van der Waals surface area contributed by atoms with Gasteiger partial charge in [0.1, 0.15) is 5.75 Å². The maximum Gasteiger partial charge on any atom is 0.138 e. The summed E-state index contributed by atoms with van der Waals surface area (Å²) in [5.74, 6) is 0.106. The zero-order chi connectivity index (χ0) is 13.1. The molecule has 1 aliphatic rings. The SMILES string of the molecule is COC1CCC(NCc2cc(Cl)cc(Cl)c2O)C1. The molecule has 0 radical (unpaired) electrons. The van der Waals surface area contributed by atoms with Crippen LogP contribution in [0.3, 0.4) is 0 Å². The molecule has 0 aromatic heterocycles. The van der Waals surface area contributed by atoms with E-state index < -0.39 is 0 Å². The van der Waals surface area contributed by atoms with Gasteiger partial charge in [-0.25, -0.2) is 0 Å². The van der Waals surface area contributed by atoms with Gasteiger partial charge in [0.15, 0.2) is 0 Å². The van der Waals surface area contributed by atoms with E-state index in [0.29, 0.717) is 28.7 Å². The number of hydrogen-bond donors (Lipinski definition) is 2. The number of phenols is 1. The van der Waals surface area contributed by atoms with Crippen molar-refractivity contribution in [2.45, 2.75) is 38.0 Å². The molecule has 0 saturated heterocycles. The number of benzene rings is 1. The van der Waals surface area contributed by atoms with Crippen molar-refractivity contribution in [3.63, 3.8) is 0 Å². The molecule has 2 rings (SSSR count). The second-order valence-electron chi connectivity index (χ2n) is 4.64. The van der Waals surface area contributed by atoms with Gasteiger partial charge in [0.25, 0.3) is 0 Å². The molecule has 2 atom stereocenters. The first-order valence-electron chi connectivity index (χ1n) is 6.03. The molecular weight excluding hydrogens is 273 g/mol. The lowest BCUT2D eigenvalue weighted by molar-refractivity contribution is 0.107. The van der Waals surface area contributed by atoms with Gasteiger partial charge in [-0.05, 0) is 31.4 Å². The summed E-state index contributed by atoms with van der Waals surface area (Å²) < 4.78 is 5.32. The minimum atomic E-state index is 0.106. The van der Waals surface area contributed by atoms with Crippen molar-refractivity contribution < 1.29 is 9.84 Å². The topological polar surface area (TPSA) is 41.5 Å². The van der Waals surface area contributed by atoms with Gasteiger partial charge in [-0.2, -0.15) is 0 Å². The highest BCUT2D eigenvalue weighted by Gasteiger charge is 2.24. The monoisotopic (exact) mass is 289 g/mol. The highest BCUT2D eigenvalue weighted by Crippen LogP contribution is 2.31. The molecule has 0 amide bonds. The van der Waals surface area contributed by atoms with E-state index >= 15 is 0 Å². The van der Waals surface area contributed by atoms with Crippen molar-refractivity contribution >= 4 is 23.2 Å². The van der Waals surface area contributed by atoms with Crippen LogP contribution in [0.2, 0.25) is 10.0 Å². The molecule has 100 valence electrons. The standard InChI is InChI=1S/C13H17Cl2NO2/c1-18-11-3-2-10(6-11)16-7-8-4-9(14)5-12(15)13(8)17/h4-5,10-11,16-17H,2-3,6-7H2,1H3. The number of phenolic OH excluding ortho intramolecular Hbond substituents is 1. The maximum atomic E-state index is 9.84. The molecule has 1 aromatic rings. The van der Waals surface area contributed by atoms with Crippen LogP contribution in [-0.2, 0) is 11.3 Å². The minimum absolute atomic E-state index is 0.106. The Hall–Kier alpha value is -0.480. The van der Waals surface area contributed by atoms with E-state index in [1.807, 2.05) is 0 Å². The second-order valence-corrected chi connectivity index (χ2v) is 5.49. The van der Waals surface area contributed by atoms with Crippen LogP contribution in [0.25, 0.3) is 0 Å². The summed E-state index contributed by atoms with van der Waals surface area (Å²) in [6.45, 7) is 0.563. The van der Waals surface area contributed by atoms with E-state index in [2.05, 4.69) is 5.32 Å². The van der Waals surface area contributed by atoms with Crippen molar-refractivity contribution in [3.8, 4) is 5.75 Å². The highest BCUT2D eigenvalue weighted by atomic mass is 35.5. The molecule has 0 heterocycles. The van der Waals surface area contributed by atoms with Crippen LogP contribution in [0.4, 0.5) is 0 Å². The number of halogens is 2. The van der Waals surface area contributed by atoms with E-state index in [0.717, 1.165) is 24.8 Å². The predicted octanol–water partition coefficient (Wildman–Crippen LogP) is 3.36. The summed E-state index contributed by atoms with van der Waals surface area (Å²) in [7, 11) is 1.75. The third kappa shape index (κ3) is 3.29. The minimum Gasteiger partial charge on any atom is -0.506 e. The van der Waals surface area contributed by atoms with Crippen molar-refractivity contribution in [2.75, 3.05) is 7.11 Å². The summed E-state index contributed by atoms with van der Waals surface area (Å²) in [5, 5.41) is 14.1. The third-order valence-electron chi connectivity index (χ3n) is 3.41.